The van der Waals surface area contributed by atoms with E-state index >= 15 is 0 Å². The van der Waals surface area contributed by atoms with Crippen molar-refractivity contribution < 1.29 is 0 Å². The summed E-state index contributed by atoms with van der Waals surface area (Å²) >= 11 is 1.63. The van der Waals surface area contributed by atoms with Gasteiger partial charge < -0.3 is 11.1 Å². The van der Waals surface area contributed by atoms with Crippen molar-refractivity contribution in [1.82, 2.24) is 0 Å². The Morgan fingerprint density at radius 2 is 1.74 bits per heavy atom. The number of benzene rings is 2. The smallest absolute Gasteiger partial charge is 0.111 e. The van der Waals surface area contributed by atoms with Crippen LogP contribution in [0.5, 0.6) is 0 Å². The molecule has 0 unspecified atom stereocenters. The van der Waals surface area contributed by atoms with Crippen LogP contribution in [0.25, 0.3) is 10.1 Å². The van der Waals surface area contributed by atoms with E-state index in [1.54, 1.807) is 11.3 Å². The van der Waals surface area contributed by atoms with Crippen LogP contribution in [0, 0.1) is 6.92 Å². The minimum absolute atomic E-state index is 0. The lowest BCUT2D eigenvalue weighted by molar-refractivity contribution is 1.53. The zero-order valence-electron chi connectivity index (χ0n) is 10.5. The summed E-state index contributed by atoms with van der Waals surface area (Å²) in [5.74, 6) is 0. The number of aryl methyl sites for hydroxylation is 1. The first-order valence-corrected chi connectivity index (χ1v) is 6.67. The molecule has 4 heteroatoms. The minimum atomic E-state index is 0. The van der Waals surface area contributed by atoms with Crippen LogP contribution in [0.1, 0.15) is 5.56 Å². The molecule has 98 valence electrons. The second-order valence-electron chi connectivity index (χ2n) is 4.28. The predicted molar refractivity (Wildman–Crippen MR) is 87.9 cm³/mol. The van der Waals surface area contributed by atoms with Crippen molar-refractivity contribution in [3.8, 4) is 0 Å². The van der Waals surface area contributed by atoms with Gasteiger partial charge in [-0.2, -0.15) is 0 Å². The molecule has 0 saturated heterocycles. The molecule has 2 aromatic carbocycles. The summed E-state index contributed by atoms with van der Waals surface area (Å²) in [6.07, 6.45) is 0. The topological polar surface area (TPSA) is 38.0 Å². The maximum atomic E-state index is 6.13. The van der Waals surface area contributed by atoms with Gasteiger partial charge in [0.05, 0.1) is 5.69 Å². The van der Waals surface area contributed by atoms with Crippen LogP contribution in [-0.4, -0.2) is 0 Å². The fraction of sp³-hybridized carbons (Fsp3) is 0.0667. The third-order valence-corrected chi connectivity index (χ3v) is 3.98. The molecule has 0 bridgehead atoms. The number of thiophene rings is 1. The van der Waals surface area contributed by atoms with E-state index in [9.17, 15) is 0 Å². The van der Waals surface area contributed by atoms with E-state index in [1.807, 2.05) is 30.3 Å². The third kappa shape index (κ3) is 2.53. The van der Waals surface area contributed by atoms with E-state index in [2.05, 4.69) is 30.4 Å². The molecule has 0 aliphatic carbocycles. The van der Waals surface area contributed by atoms with Crippen molar-refractivity contribution in [3.63, 3.8) is 0 Å². The van der Waals surface area contributed by atoms with Gasteiger partial charge in [-0.1, -0.05) is 30.3 Å². The molecule has 0 spiro atoms. The Labute approximate surface area is 122 Å². The zero-order chi connectivity index (χ0) is 12.5. The van der Waals surface area contributed by atoms with Crippen LogP contribution < -0.4 is 11.1 Å². The van der Waals surface area contributed by atoms with Gasteiger partial charge in [0.15, 0.2) is 0 Å². The zero-order valence-corrected chi connectivity index (χ0v) is 12.1. The fourth-order valence-electron chi connectivity index (χ4n) is 2.13. The Bertz CT molecular complexity index is 692. The highest BCUT2D eigenvalue weighted by Crippen LogP contribution is 2.41. The molecule has 1 aromatic heterocycles. The van der Waals surface area contributed by atoms with E-state index < -0.39 is 0 Å². The summed E-state index contributed by atoms with van der Waals surface area (Å²) in [4.78, 5) is 0. The Kier molecular flexibility index (Phi) is 3.98. The molecular weight excluding hydrogens is 276 g/mol. The monoisotopic (exact) mass is 290 g/mol. The van der Waals surface area contributed by atoms with Crippen LogP contribution in [0.3, 0.4) is 0 Å². The standard InChI is InChI=1S/C15H14N2S.ClH/c1-10-6-5-9-12-13(10)14(15(16)18-12)17-11-7-3-2-4-8-11;/h2-9,17H,16H2,1H3;1H. The lowest BCUT2D eigenvalue weighted by Gasteiger charge is -2.07. The third-order valence-electron chi connectivity index (χ3n) is 2.99. The van der Waals surface area contributed by atoms with Gasteiger partial charge in [0.1, 0.15) is 5.00 Å². The highest BCUT2D eigenvalue weighted by atomic mass is 35.5. The number of rotatable bonds is 2. The van der Waals surface area contributed by atoms with Gasteiger partial charge in [0.2, 0.25) is 0 Å². The van der Waals surface area contributed by atoms with Crippen molar-refractivity contribution >= 4 is 50.2 Å². The molecule has 0 amide bonds. The van der Waals surface area contributed by atoms with Gasteiger partial charge in [-0.15, -0.1) is 23.7 Å². The molecule has 3 aromatic rings. The van der Waals surface area contributed by atoms with E-state index in [1.165, 1.54) is 15.6 Å². The molecule has 0 aliphatic rings. The fourth-order valence-corrected chi connectivity index (χ4v) is 3.13. The van der Waals surface area contributed by atoms with Crippen LogP contribution in [0.15, 0.2) is 48.5 Å². The summed E-state index contributed by atoms with van der Waals surface area (Å²) in [6.45, 7) is 2.12. The summed E-state index contributed by atoms with van der Waals surface area (Å²) in [5.41, 5.74) is 9.46. The van der Waals surface area contributed by atoms with Crippen molar-refractivity contribution in [2.24, 2.45) is 0 Å². The first kappa shape index (κ1) is 13.7. The molecule has 0 radical (unpaired) electrons. The molecule has 2 nitrogen and oxygen atoms in total. The Hall–Kier alpha value is -1.71. The number of anilines is 3. The second kappa shape index (κ2) is 5.51. The number of hydrogen-bond donors (Lipinski definition) is 2. The molecule has 0 atom stereocenters. The van der Waals surface area contributed by atoms with Crippen molar-refractivity contribution in [2.75, 3.05) is 11.1 Å². The average Bonchev–Trinajstić information content (AvgIpc) is 2.69. The summed E-state index contributed by atoms with van der Waals surface area (Å²) < 4.78 is 1.23. The summed E-state index contributed by atoms with van der Waals surface area (Å²) in [7, 11) is 0. The minimum Gasteiger partial charge on any atom is -0.389 e. The van der Waals surface area contributed by atoms with Gasteiger partial charge in [0.25, 0.3) is 0 Å². The van der Waals surface area contributed by atoms with Crippen LogP contribution in [0.2, 0.25) is 0 Å². The Morgan fingerprint density at radius 3 is 2.47 bits per heavy atom. The van der Waals surface area contributed by atoms with E-state index in [-0.39, 0.29) is 12.4 Å². The van der Waals surface area contributed by atoms with Gasteiger partial charge in [-0.25, -0.2) is 0 Å². The van der Waals surface area contributed by atoms with E-state index in [0.29, 0.717) is 0 Å². The highest BCUT2D eigenvalue weighted by molar-refractivity contribution is 7.23. The number of nitrogens with two attached hydrogens (primary N) is 1. The molecule has 1 heterocycles. The first-order valence-electron chi connectivity index (χ1n) is 5.85. The first-order chi connectivity index (χ1) is 8.75. The molecular formula is C15H15ClN2S. The number of para-hydroxylation sites is 1. The van der Waals surface area contributed by atoms with Gasteiger partial charge >= 0.3 is 0 Å². The normalized spacial score (nSPS) is 10.2. The lowest BCUT2D eigenvalue weighted by Crippen LogP contribution is -1.93. The maximum absolute atomic E-state index is 6.13. The van der Waals surface area contributed by atoms with E-state index in [0.717, 1.165) is 16.4 Å². The van der Waals surface area contributed by atoms with Crippen LogP contribution >= 0.6 is 23.7 Å². The summed E-state index contributed by atoms with van der Waals surface area (Å²) in [6, 6.07) is 16.4. The molecule has 3 rings (SSSR count). The number of hydrogen-bond acceptors (Lipinski definition) is 3. The number of halogens is 1. The molecule has 3 N–H and O–H groups in total. The Morgan fingerprint density at radius 1 is 1.00 bits per heavy atom. The van der Waals surface area contributed by atoms with Gasteiger partial charge in [-0.3, -0.25) is 0 Å². The SMILES string of the molecule is Cc1cccc2sc(N)c(Nc3ccccc3)c12.Cl. The quantitative estimate of drug-likeness (QED) is 0.700. The lowest BCUT2D eigenvalue weighted by atomic mass is 10.1. The highest BCUT2D eigenvalue weighted by Gasteiger charge is 2.11. The second-order valence-corrected chi connectivity index (χ2v) is 5.36. The number of fused-ring (bicyclic) bond motifs is 1. The predicted octanol–water partition coefficient (Wildman–Crippen LogP) is 4.96. The number of nitrogen functional groups attached to an aromatic ring is 1. The Balaban J connectivity index is 0.00000133. The number of nitrogens with one attached hydrogen (secondary N) is 1. The maximum Gasteiger partial charge on any atom is 0.111 e. The molecule has 19 heavy (non-hydrogen) atoms. The summed E-state index contributed by atoms with van der Waals surface area (Å²) in [5, 5.41) is 5.48. The van der Waals surface area contributed by atoms with Crippen LogP contribution in [0.4, 0.5) is 16.4 Å². The largest absolute Gasteiger partial charge is 0.389 e. The van der Waals surface area contributed by atoms with Gasteiger partial charge in [0, 0.05) is 15.8 Å². The molecule has 0 aliphatic heterocycles. The van der Waals surface area contributed by atoms with Crippen molar-refractivity contribution in [2.45, 2.75) is 6.92 Å². The molecule has 0 fully saturated rings. The average molecular weight is 291 g/mol. The van der Waals surface area contributed by atoms with Crippen molar-refractivity contribution in [3.05, 3.63) is 54.1 Å². The van der Waals surface area contributed by atoms with E-state index in [4.69, 9.17) is 5.73 Å². The van der Waals surface area contributed by atoms with Crippen LogP contribution in [-0.2, 0) is 0 Å². The molecule has 0 saturated carbocycles. The van der Waals surface area contributed by atoms with Gasteiger partial charge in [-0.05, 0) is 30.7 Å². The van der Waals surface area contributed by atoms with Crippen molar-refractivity contribution in [1.29, 1.82) is 0 Å².